The predicted molar refractivity (Wildman–Crippen MR) is 117 cm³/mol. The minimum absolute atomic E-state index is 0.0134. The molecule has 0 saturated heterocycles. The summed E-state index contributed by atoms with van der Waals surface area (Å²) in [4.78, 5) is 13.4. The van der Waals surface area contributed by atoms with Crippen LogP contribution in [0.1, 0.15) is 16.1 Å². The molecule has 0 aliphatic heterocycles. The van der Waals surface area contributed by atoms with Gasteiger partial charge in [-0.25, -0.2) is 12.4 Å². The molecule has 0 aliphatic rings. The van der Waals surface area contributed by atoms with Gasteiger partial charge in [0.15, 0.2) is 0 Å². The van der Waals surface area contributed by atoms with E-state index in [9.17, 15) is 13.2 Å². The number of ketones is 1. The third kappa shape index (κ3) is 3.47. The summed E-state index contributed by atoms with van der Waals surface area (Å²) in [5.74, 6) is 0.0496. The molecule has 0 amide bonds. The van der Waals surface area contributed by atoms with Gasteiger partial charge in [0, 0.05) is 10.9 Å². The van der Waals surface area contributed by atoms with Crippen LogP contribution in [0.25, 0.3) is 10.9 Å². The number of aromatic nitrogens is 1. The van der Waals surface area contributed by atoms with Gasteiger partial charge in [-0.15, -0.1) is 0 Å². The van der Waals surface area contributed by atoms with Crippen LogP contribution in [0.4, 0.5) is 0 Å². The van der Waals surface area contributed by atoms with Crippen LogP contribution in [0, 0.1) is 0 Å². The van der Waals surface area contributed by atoms with Gasteiger partial charge in [-0.05, 0) is 54.6 Å². The second-order valence-corrected chi connectivity index (χ2v) is 9.10. The molecule has 0 bridgehead atoms. The summed E-state index contributed by atoms with van der Waals surface area (Å²) in [7, 11) is -2.53. The van der Waals surface area contributed by atoms with Crippen molar-refractivity contribution in [3.8, 4) is 5.75 Å². The van der Waals surface area contributed by atoms with Crippen molar-refractivity contribution >= 4 is 49.9 Å². The lowest BCUT2D eigenvalue weighted by Crippen LogP contribution is -2.19. The zero-order valence-electron chi connectivity index (χ0n) is 15.7. The molecule has 0 atom stereocenters. The van der Waals surface area contributed by atoms with E-state index in [0.717, 1.165) is 3.97 Å². The van der Waals surface area contributed by atoms with Crippen molar-refractivity contribution in [1.29, 1.82) is 0 Å². The molecule has 4 aromatic rings. The summed E-state index contributed by atoms with van der Waals surface area (Å²) < 4.78 is 33.2. The van der Waals surface area contributed by atoms with Crippen LogP contribution in [0.2, 0.25) is 10.0 Å². The average molecular weight is 460 g/mol. The maximum atomic E-state index is 13.5. The van der Waals surface area contributed by atoms with E-state index in [1.165, 1.54) is 43.5 Å². The van der Waals surface area contributed by atoms with E-state index in [-0.39, 0.29) is 21.2 Å². The Morgan fingerprint density at radius 3 is 2.30 bits per heavy atom. The zero-order valence-corrected chi connectivity index (χ0v) is 18.0. The molecule has 0 saturated carbocycles. The first-order valence-corrected chi connectivity index (χ1v) is 11.0. The lowest BCUT2D eigenvalue weighted by atomic mass is 10.1. The zero-order chi connectivity index (χ0) is 21.5. The number of carbonyl (C=O) groups is 1. The van der Waals surface area contributed by atoms with Gasteiger partial charge in [-0.2, -0.15) is 0 Å². The highest BCUT2D eigenvalue weighted by atomic mass is 35.5. The molecular weight excluding hydrogens is 445 g/mol. The summed E-state index contributed by atoms with van der Waals surface area (Å²) in [5.41, 5.74) is 0.576. The van der Waals surface area contributed by atoms with E-state index < -0.39 is 15.8 Å². The summed E-state index contributed by atoms with van der Waals surface area (Å²) >= 11 is 12.0. The molecule has 3 aromatic carbocycles. The third-order valence-corrected chi connectivity index (χ3v) is 7.14. The fourth-order valence-electron chi connectivity index (χ4n) is 3.20. The van der Waals surface area contributed by atoms with Crippen molar-refractivity contribution in [2.45, 2.75) is 4.90 Å². The maximum absolute atomic E-state index is 13.5. The van der Waals surface area contributed by atoms with Crippen molar-refractivity contribution in [3.05, 3.63) is 94.1 Å². The van der Waals surface area contributed by atoms with Gasteiger partial charge >= 0.3 is 0 Å². The molecule has 1 aromatic heterocycles. The topological polar surface area (TPSA) is 65.4 Å². The number of rotatable bonds is 5. The number of benzene rings is 3. The Kier molecular flexibility index (Phi) is 5.32. The standard InChI is InChI=1S/C22H15Cl2NO4S/c1-29-16-8-10-20-15(11-16)13-21(22(26)14-7-9-18(23)19(24)12-14)25(20)30(27,28)17-5-3-2-4-6-17/h2-13H,1H3. The second-order valence-electron chi connectivity index (χ2n) is 6.49. The van der Waals surface area contributed by atoms with E-state index >= 15 is 0 Å². The molecule has 152 valence electrons. The Morgan fingerprint density at radius 1 is 0.900 bits per heavy atom. The van der Waals surface area contributed by atoms with Gasteiger partial charge in [0.25, 0.3) is 10.0 Å². The molecule has 0 radical (unpaired) electrons. The third-order valence-electron chi connectivity index (χ3n) is 4.66. The molecule has 30 heavy (non-hydrogen) atoms. The van der Waals surface area contributed by atoms with Crippen LogP contribution in [0.5, 0.6) is 5.75 Å². The van der Waals surface area contributed by atoms with Gasteiger partial charge in [-0.1, -0.05) is 41.4 Å². The molecule has 4 rings (SSSR count). The maximum Gasteiger partial charge on any atom is 0.268 e. The first kappa shape index (κ1) is 20.5. The Balaban J connectivity index is 2.00. The van der Waals surface area contributed by atoms with Crippen LogP contribution in [-0.2, 0) is 10.0 Å². The SMILES string of the molecule is COc1ccc2c(c1)cc(C(=O)c1ccc(Cl)c(Cl)c1)n2S(=O)(=O)c1ccccc1. The minimum atomic E-state index is -4.05. The molecule has 8 heteroatoms. The van der Waals surface area contributed by atoms with E-state index in [1.54, 1.807) is 36.4 Å². The van der Waals surface area contributed by atoms with Crippen molar-refractivity contribution in [1.82, 2.24) is 3.97 Å². The molecule has 1 heterocycles. The molecule has 0 aliphatic carbocycles. The predicted octanol–water partition coefficient (Wildman–Crippen LogP) is 5.42. The monoisotopic (exact) mass is 459 g/mol. The van der Waals surface area contributed by atoms with Crippen LogP contribution in [-0.4, -0.2) is 25.3 Å². The Morgan fingerprint density at radius 2 is 1.63 bits per heavy atom. The number of nitrogens with zero attached hydrogens (tertiary/aromatic N) is 1. The van der Waals surface area contributed by atoms with Gasteiger partial charge in [-0.3, -0.25) is 4.79 Å². The van der Waals surface area contributed by atoms with Crippen molar-refractivity contribution < 1.29 is 17.9 Å². The molecule has 0 fully saturated rings. The fourth-order valence-corrected chi connectivity index (χ4v) is 5.03. The van der Waals surface area contributed by atoms with Crippen molar-refractivity contribution in [2.75, 3.05) is 7.11 Å². The lowest BCUT2D eigenvalue weighted by Gasteiger charge is -2.12. The average Bonchev–Trinajstić information content (AvgIpc) is 3.15. The Hall–Kier alpha value is -2.80. The number of carbonyl (C=O) groups excluding carboxylic acids is 1. The van der Waals surface area contributed by atoms with Crippen molar-refractivity contribution in [2.24, 2.45) is 0 Å². The highest BCUT2D eigenvalue weighted by Gasteiger charge is 2.27. The summed E-state index contributed by atoms with van der Waals surface area (Å²) in [6.45, 7) is 0. The van der Waals surface area contributed by atoms with E-state index in [1.807, 2.05) is 0 Å². The smallest absolute Gasteiger partial charge is 0.268 e. The number of hydrogen-bond donors (Lipinski definition) is 0. The van der Waals surface area contributed by atoms with Crippen molar-refractivity contribution in [3.63, 3.8) is 0 Å². The van der Waals surface area contributed by atoms with Crippen LogP contribution >= 0.6 is 23.2 Å². The van der Waals surface area contributed by atoms with E-state index in [2.05, 4.69) is 0 Å². The molecular formula is C22H15Cl2NO4S. The van der Waals surface area contributed by atoms with Gasteiger partial charge in [0.05, 0.1) is 27.6 Å². The molecule has 0 spiro atoms. The summed E-state index contributed by atoms with van der Waals surface area (Å²) in [5, 5.41) is 1.06. The van der Waals surface area contributed by atoms with Crippen LogP contribution in [0.15, 0.2) is 77.7 Å². The number of fused-ring (bicyclic) bond motifs is 1. The normalized spacial score (nSPS) is 11.6. The molecule has 0 N–H and O–H groups in total. The van der Waals surface area contributed by atoms with Gasteiger partial charge in [0.1, 0.15) is 11.4 Å². The summed E-state index contributed by atoms with van der Waals surface area (Å²) in [6, 6.07) is 18.8. The minimum Gasteiger partial charge on any atom is -0.497 e. The van der Waals surface area contributed by atoms with Gasteiger partial charge < -0.3 is 4.74 Å². The van der Waals surface area contributed by atoms with E-state index in [4.69, 9.17) is 27.9 Å². The van der Waals surface area contributed by atoms with E-state index in [0.29, 0.717) is 21.7 Å². The second kappa shape index (κ2) is 7.80. The first-order valence-electron chi connectivity index (χ1n) is 8.83. The van der Waals surface area contributed by atoms with Crippen LogP contribution in [0.3, 0.4) is 0 Å². The van der Waals surface area contributed by atoms with Crippen LogP contribution < -0.4 is 4.74 Å². The van der Waals surface area contributed by atoms with Gasteiger partial charge in [0.2, 0.25) is 5.78 Å². The Labute approximate surface area is 183 Å². The summed E-state index contributed by atoms with van der Waals surface area (Å²) in [6.07, 6.45) is 0. The highest BCUT2D eigenvalue weighted by molar-refractivity contribution is 7.90. The quantitative estimate of drug-likeness (QED) is 0.373. The molecule has 0 unspecified atom stereocenters. The highest BCUT2D eigenvalue weighted by Crippen LogP contribution is 2.31. The molecule has 5 nitrogen and oxygen atoms in total. The largest absolute Gasteiger partial charge is 0.497 e. The number of halogens is 2. The number of ether oxygens (including phenoxy) is 1. The number of hydrogen-bond acceptors (Lipinski definition) is 4. The lowest BCUT2D eigenvalue weighted by molar-refractivity contribution is 0.103. The first-order chi connectivity index (χ1) is 14.3. The fraction of sp³-hybridized carbons (Fsp3) is 0.0455. The Bertz CT molecular complexity index is 1380. The number of methoxy groups -OCH3 is 1.